The van der Waals surface area contributed by atoms with Crippen LogP contribution in [0.1, 0.15) is 19.8 Å². The fourth-order valence-electron chi connectivity index (χ4n) is 2.42. The minimum atomic E-state index is 0.349. The third-order valence-corrected chi connectivity index (χ3v) is 3.69. The average molecular weight is 262 g/mol. The Morgan fingerprint density at radius 2 is 2.32 bits per heavy atom. The molecule has 0 amide bonds. The Balaban J connectivity index is 1.72. The van der Waals surface area contributed by atoms with E-state index in [-0.39, 0.29) is 0 Å². The van der Waals surface area contributed by atoms with Crippen LogP contribution >= 0.6 is 0 Å². The zero-order chi connectivity index (χ0) is 13.2. The van der Waals surface area contributed by atoms with E-state index < -0.39 is 0 Å². The molecule has 2 fully saturated rings. The van der Waals surface area contributed by atoms with Crippen molar-refractivity contribution in [2.75, 3.05) is 42.1 Å². The van der Waals surface area contributed by atoms with Crippen LogP contribution in [0.25, 0.3) is 0 Å². The molecule has 0 radical (unpaired) electrons. The summed E-state index contributed by atoms with van der Waals surface area (Å²) >= 11 is 0. The number of aromatic nitrogens is 2. The van der Waals surface area contributed by atoms with E-state index in [2.05, 4.69) is 32.4 Å². The van der Waals surface area contributed by atoms with Gasteiger partial charge >= 0.3 is 0 Å². The van der Waals surface area contributed by atoms with Crippen molar-refractivity contribution in [2.45, 2.75) is 25.8 Å². The minimum absolute atomic E-state index is 0.349. The Morgan fingerprint density at radius 3 is 3.05 bits per heavy atom. The number of rotatable bonds is 4. The largest absolute Gasteiger partial charge is 0.370 e. The van der Waals surface area contributed by atoms with E-state index in [0.29, 0.717) is 12.0 Å². The van der Waals surface area contributed by atoms with Crippen molar-refractivity contribution in [2.24, 2.45) is 5.92 Å². The van der Waals surface area contributed by atoms with Crippen molar-refractivity contribution >= 4 is 17.6 Å². The van der Waals surface area contributed by atoms with Gasteiger partial charge in [-0.1, -0.05) is 0 Å². The van der Waals surface area contributed by atoms with Gasteiger partial charge in [0.15, 0.2) is 0 Å². The van der Waals surface area contributed by atoms with Crippen LogP contribution in [0, 0.1) is 5.92 Å². The molecule has 3 rings (SSSR count). The van der Waals surface area contributed by atoms with Gasteiger partial charge in [-0.3, -0.25) is 0 Å². The second-order valence-electron chi connectivity index (χ2n) is 5.60. The molecule has 19 heavy (non-hydrogen) atoms. The number of anilines is 3. The third-order valence-electron chi connectivity index (χ3n) is 3.69. The van der Waals surface area contributed by atoms with Gasteiger partial charge in [-0.2, -0.15) is 9.97 Å². The number of hydrogen-bond acceptors (Lipinski definition) is 6. The van der Waals surface area contributed by atoms with Gasteiger partial charge in [0, 0.05) is 38.3 Å². The molecule has 1 aromatic rings. The lowest BCUT2D eigenvalue weighted by Gasteiger charge is -2.32. The second-order valence-corrected chi connectivity index (χ2v) is 5.60. The first-order valence-corrected chi connectivity index (χ1v) is 7.07. The molecule has 104 valence electrons. The van der Waals surface area contributed by atoms with Crippen molar-refractivity contribution in [3.05, 3.63) is 6.07 Å². The molecular weight excluding hydrogens is 240 g/mol. The summed E-state index contributed by atoms with van der Waals surface area (Å²) in [6, 6.07) is 2.49. The highest BCUT2D eigenvalue weighted by Gasteiger charge is 2.22. The Morgan fingerprint density at radius 1 is 1.47 bits per heavy atom. The van der Waals surface area contributed by atoms with Gasteiger partial charge < -0.3 is 21.3 Å². The Kier molecular flexibility index (Phi) is 3.42. The van der Waals surface area contributed by atoms with Crippen LogP contribution in [0.3, 0.4) is 0 Å². The zero-order valence-electron chi connectivity index (χ0n) is 11.4. The monoisotopic (exact) mass is 262 g/mol. The molecule has 1 aliphatic carbocycles. The molecule has 2 aliphatic rings. The van der Waals surface area contributed by atoms with E-state index in [9.17, 15) is 0 Å². The van der Waals surface area contributed by atoms with Crippen LogP contribution in [0.2, 0.25) is 0 Å². The van der Waals surface area contributed by atoms with E-state index in [1.54, 1.807) is 0 Å². The first-order valence-electron chi connectivity index (χ1n) is 7.07. The topological polar surface area (TPSA) is 79.1 Å². The Hall–Kier alpha value is -1.56. The standard InChI is InChI=1S/C13H22N6/c1-9-8-19(5-4-15-9)12-6-11(17-13(14)18-12)16-7-10-2-3-10/h6,9-10,15H,2-5,7-8H2,1H3,(H3,14,16,17,18)/t9-/m0/s1. The summed E-state index contributed by atoms with van der Waals surface area (Å²) in [6.07, 6.45) is 2.66. The number of nitrogens with zero attached hydrogens (tertiary/aromatic N) is 3. The maximum atomic E-state index is 5.82. The van der Waals surface area contributed by atoms with Crippen molar-refractivity contribution < 1.29 is 0 Å². The van der Waals surface area contributed by atoms with Crippen molar-refractivity contribution in [1.29, 1.82) is 0 Å². The van der Waals surface area contributed by atoms with Gasteiger partial charge in [-0.05, 0) is 25.7 Å². The quantitative estimate of drug-likeness (QED) is 0.740. The second kappa shape index (κ2) is 5.21. The molecule has 1 saturated heterocycles. The highest BCUT2D eigenvalue weighted by molar-refractivity contribution is 5.53. The van der Waals surface area contributed by atoms with Gasteiger partial charge in [-0.15, -0.1) is 0 Å². The maximum Gasteiger partial charge on any atom is 0.223 e. The predicted molar refractivity (Wildman–Crippen MR) is 77.3 cm³/mol. The highest BCUT2D eigenvalue weighted by atomic mass is 15.3. The third kappa shape index (κ3) is 3.26. The molecule has 0 spiro atoms. The molecule has 4 N–H and O–H groups in total. The van der Waals surface area contributed by atoms with E-state index >= 15 is 0 Å². The summed E-state index contributed by atoms with van der Waals surface area (Å²) in [7, 11) is 0. The van der Waals surface area contributed by atoms with Crippen LogP contribution < -0.4 is 21.3 Å². The molecular formula is C13H22N6. The molecule has 0 aromatic carbocycles. The Bertz CT molecular complexity index is 445. The van der Waals surface area contributed by atoms with E-state index in [1.165, 1.54) is 12.8 Å². The van der Waals surface area contributed by atoms with Gasteiger partial charge in [0.1, 0.15) is 11.6 Å². The average Bonchev–Trinajstić information content (AvgIpc) is 3.20. The van der Waals surface area contributed by atoms with Crippen molar-refractivity contribution in [3.8, 4) is 0 Å². The lowest BCUT2D eigenvalue weighted by atomic mass is 10.2. The Labute approximate surface area is 113 Å². The van der Waals surface area contributed by atoms with Crippen LogP contribution in [-0.2, 0) is 0 Å². The highest BCUT2D eigenvalue weighted by Crippen LogP contribution is 2.29. The minimum Gasteiger partial charge on any atom is -0.370 e. The molecule has 6 heteroatoms. The van der Waals surface area contributed by atoms with Crippen molar-refractivity contribution in [3.63, 3.8) is 0 Å². The molecule has 1 atom stereocenters. The summed E-state index contributed by atoms with van der Waals surface area (Å²) in [4.78, 5) is 10.9. The predicted octanol–water partition coefficient (Wildman–Crippen LogP) is 0.679. The van der Waals surface area contributed by atoms with E-state index in [1.807, 2.05) is 6.07 Å². The molecule has 1 aliphatic heterocycles. The van der Waals surface area contributed by atoms with E-state index in [4.69, 9.17) is 5.73 Å². The fourth-order valence-corrected chi connectivity index (χ4v) is 2.42. The van der Waals surface area contributed by atoms with Gasteiger partial charge in [-0.25, -0.2) is 0 Å². The maximum absolute atomic E-state index is 5.82. The molecule has 1 saturated carbocycles. The number of nitrogens with two attached hydrogens (primary N) is 1. The van der Waals surface area contributed by atoms with Crippen LogP contribution in [0.15, 0.2) is 6.07 Å². The summed E-state index contributed by atoms with van der Waals surface area (Å²) in [6.45, 7) is 6.08. The molecule has 0 bridgehead atoms. The van der Waals surface area contributed by atoms with Crippen molar-refractivity contribution in [1.82, 2.24) is 15.3 Å². The summed E-state index contributed by atoms with van der Waals surface area (Å²) in [5.41, 5.74) is 5.82. The van der Waals surface area contributed by atoms with Crippen LogP contribution in [0.5, 0.6) is 0 Å². The lowest BCUT2D eigenvalue weighted by molar-refractivity contribution is 0.482. The first-order chi connectivity index (χ1) is 9.20. The van der Waals surface area contributed by atoms with E-state index in [0.717, 1.165) is 43.7 Å². The number of nitrogen functional groups attached to an aromatic ring is 1. The van der Waals surface area contributed by atoms with Gasteiger partial charge in [0.2, 0.25) is 5.95 Å². The lowest BCUT2D eigenvalue weighted by Crippen LogP contribution is -2.49. The first kappa shape index (κ1) is 12.5. The molecule has 1 aromatic heterocycles. The fraction of sp³-hybridized carbons (Fsp3) is 0.692. The molecule has 6 nitrogen and oxygen atoms in total. The van der Waals surface area contributed by atoms with Crippen LogP contribution in [-0.4, -0.2) is 42.2 Å². The smallest absolute Gasteiger partial charge is 0.223 e. The van der Waals surface area contributed by atoms with Crippen LogP contribution in [0.4, 0.5) is 17.6 Å². The summed E-state index contributed by atoms with van der Waals surface area (Å²) < 4.78 is 0. The van der Waals surface area contributed by atoms with Gasteiger partial charge in [0.05, 0.1) is 0 Å². The normalized spacial score (nSPS) is 23.4. The van der Waals surface area contributed by atoms with Gasteiger partial charge in [0.25, 0.3) is 0 Å². The number of hydrogen-bond donors (Lipinski definition) is 3. The summed E-state index contributed by atoms with van der Waals surface area (Å²) in [5.74, 6) is 2.94. The summed E-state index contributed by atoms with van der Waals surface area (Å²) in [5, 5.41) is 6.79. The SMILES string of the molecule is C[C@H]1CN(c2cc(NCC3CC3)nc(N)n2)CCN1. The number of piperazine rings is 1. The number of nitrogens with one attached hydrogen (secondary N) is 2. The zero-order valence-corrected chi connectivity index (χ0v) is 11.4. The molecule has 2 heterocycles. The molecule has 0 unspecified atom stereocenters.